The second-order valence-electron chi connectivity index (χ2n) is 4.48. The zero-order chi connectivity index (χ0) is 13.3. The van der Waals surface area contributed by atoms with Crippen LogP contribution >= 0.6 is 0 Å². The van der Waals surface area contributed by atoms with Gasteiger partial charge in [0.1, 0.15) is 0 Å². The molecule has 0 aliphatic heterocycles. The van der Waals surface area contributed by atoms with E-state index < -0.39 is 15.4 Å². The largest absolute Gasteiger partial charge is 0.319 e. The predicted molar refractivity (Wildman–Crippen MR) is 66.8 cm³/mol. The molecule has 0 spiro atoms. The van der Waals surface area contributed by atoms with Crippen molar-refractivity contribution in [1.82, 2.24) is 0 Å². The Morgan fingerprint density at radius 2 is 1.71 bits per heavy atom. The lowest BCUT2D eigenvalue weighted by Gasteiger charge is -2.16. The van der Waals surface area contributed by atoms with Crippen LogP contribution in [-0.4, -0.2) is 25.5 Å². The van der Waals surface area contributed by atoms with Gasteiger partial charge in [0, 0.05) is 5.56 Å². The molecule has 0 amide bonds. The van der Waals surface area contributed by atoms with Crippen LogP contribution in [0, 0.1) is 0 Å². The number of hydrogen-bond donors (Lipinski definition) is 1. The summed E-state index contributed by atoms with van der Waals surface area (Å²) in [6, 6.07) is 5.88. The fourth-order valence-electron chi connectivity index (χ4n) is 1.35. The smallest absolute Gasteiger partial charge is 0.182 e. The fourth-order valence-corrected chi connectivity index (χ4v) is 2.24. The Morgan fingerprint density at radius 3 is 2.06 bits per heavy atom. The Bertz CT molecular complexity index is 510. The highest BCUT2D eigenvalue weighted by Gasteiger charge is 2.23. The average molecular weight is 255 g/mol. The summed E-state index contributed by atoms with van der Waals surface area (Å²) in [6.45, 7) is 4.81. The lowest BCUT2D eigenvalue weighted by atomic mass is 9.95. The molecule has 4 nitrogen and oxygen atoms in total. The molecule has 0 heterocycles. The van der Waals surface area contributed by atoms with Crippen LogP contribution in [0.2, 0.25) is 0 Å². The van der Waals surface area contributed by atoms with Crippen molar-refractivity contribution in [3.05, 3.63) is 29.8 Å². The maximum atomic E-state index is 11.8. The first kappa shape index (κ1) is 13.9. The Morgan fingerprint density at radius 1 is 1.24 bits per heavy atom. The molecule has 5 heteroatoms. The van der Waals surface area contributed by atoms with Crippen LogP contribution in [0.25, 0.3) is 0 Å². The van der Waals surface area contributed by atoms with Crippen molar-refractivity contribution in [2.75, 3.05) is 5.75 Å². The van der Waals surface area contributed by atoms with Crippen molar-refractivity contribution in [3.8, 4) is 0 Å². The molecule has 2 N–H and O–H groups in total. The highest BCUT2D eigenvalue weighted by atomic mass is 32.2. The van der Waals surface area contributed by atoms with Gasteiger partial charge in [0.05, 0.1) is 16.2 Å². The minimum absolute atomic E-state index is 0.0443. The molecule has 0 aliphatic carbocycles. The summed E-state index contributed by atoms with van der Waals surface area (Å²) < 4.78 is 23.1. The Labute approximate surface area is 102 Å². The minimum Gasteiger partial charge on any atom is -0.319 e. The summed E-state index contributed by atoms with van der Waals surface area (Å²) >= 11 is 0. The molecule has 0 aromatic heterocycles. The van der Waals surface area contributed by atoms with Gasteiger partial charge in [-0.15, -0.1) is 0 Å². The van der Waals surface area contributed by atoms with E-state index in [4.69, 9.17) is 5.73 Å². The molecule has 94 valence electrons. The molecule has 0 fully saturated rings. The first-order valence-corrected chi connectivity index (χ1v) is 7.00. The third-order valence-electron chi connectivity index (χ3n) is 2.44. The van der Waals surface area contributed by atoms with Crippen LogP contribution in [0.3, 0.4) is 0 Å². The van der Waals surface area contributed by atoms with E-state index in [-0.39, 0.29) is 16.4 Å². The standard InChI is InChI=1S/C12H17NO3S/c1-4-17(15,16)10-7-5-9(6-8-10)11(14)12(2,3)13/h5-8H,4,13H2,1-3H3. The number of carbonyl (C=O) groups is 1. The van der Waals surface area contributed by atoms with Gasteiger partial charge in [0.15, 0.2) is 15.6 Å². The summed E-state index contributed by atoms with van der Waals surface area (Å²) in [6.07, 6.45) is 0. The van der Waals surface area contributed by atoms with Gasteiger partial charge in [0.25, 0.3) is 0 Å². The average Bonchev–Trinajstić information content (AvgIpc) is 2.27. The number of sulfone groups is 1. The summed E-state index contributed by atoms with van der Waals surface area (Å²) in [5.74, 6) is -0.166. The van der Waals surface area contributed by atoms with Crippen LogP contribution < -0.4 is 5.73 Å². The number of hydrogen-bond acceptors (Lipinski definition) is 4. The van der Waals surface area contributed by atoms with Crippen LogP contribution in [0.15, 0.2) is 29.2 Å². The number of benzene rings is 1. The molecule has 1 aromatic carbocycles. The van der Waals surface area contributed by atoms with Crippen molar-refractivity contribution in [3.63, 3.8) is 0 Å². The summed E-state index contributed by atoms with van der Waals surface area (Å²) in [5, 5.41) is 0. The molecular formula is C12H17NO3S. The molecule has 0 bridgehead atoms. The molecule has 0 saturated carbocycles. The zero-order valence-electron chi connectivity index (χ0n) is 10.2. The van der Waals surface area contributed by atoms with Crippen LogP contribution in [-0.2, 0) is 9.84 Å². The van der Waals surface area contributed by atoms with Crippen LogP contribution in [0.1, 0.15) is 31.1 Å². The highest BCUT2D eigenvalue weighted by molar-refractivity contribution is 7.91. The van der Waals surface area contributed by atoms with E-state index in [1.807, 2.05) is 0 Å². The number of rotatable bonds is 4. The summed E-state index contributed by atoms with van der Waals surface area (Å²) in [7, 11) is -3.22. The molecule has 0 radical (unpaired) electrons. The highest BCUT2D eigenvalue weighted by Crippen LogP contribution is 2.15. The van der Waals surface area contributed by atoms with E-state index in [0.717, 1.165) is 0 Å². The van der Waals surface area contributed by atoms with Crippen LogP contribution in [0.5, 0.6) is 0 Å². The quantitative estimate of drug-likeness (QED) is 0.825. The summed E-state index contributed by atoms with van der Waals surface area (Å²) in [5.41, 5.74) is 5.16. The lowest BCUT2D eigenvalue weighted by Crippen LogP contribution is -2.41. The zero-order valence-corrected chi connectivity index (χ0v) is 11.0. The topological polar surface area (TPSA) is 77.2 Å². The normalized spacial score (nSPS) is 12.5. The number of ketones is 1. The molecule has 1 aromatic rings. The van der Waals surface area contributed by atoms with Crippen molar-refractivity contribution >= 4 is 15.6 Å². The summed E-state index contributed by atoms with van der Waals surface area (Å²) in [4.78, 5) is 12.1. The number of Topliss-reactive ketones (excluding diaryl/α,β-unsaturated/α-hetero) is 1. The van der Waals surface area contributed by atoms with Gasteiger partial charge in [-0.05, 0) is 26.0 Å². The van der Waals surface area contributed by atoms with E-state index >= 15 is 0 Å². The van der Waals surface area contributed by atoms with E-state index in [2.05, 4.69) is 0 Å². The van der Waals surface area contributed by atoms with Crippen molar-refractivity contribution in [1.29, 1.82) is 0 Å². The van der Waals surface area contributed by atoms with E-state index in [9.17, 15) is 13.2 Å². The van der Waals surface area contributed by atoms with E-state index in [1.165, 1.54) is 24.3 Å². The molecule has 0 atom stereocenters. The first-order chi connectivity index (χ1) is 7.68. The van der Waals surface area contributed by atoms with E-state index in [1.54, 1.807) is 20.8 Å². The van der Waals surface area contributed by atoms with Gasteiger partial charge >= 0.3 is 0 Å². The monoisotopic (exact) mass is 255 g/mol. The van der Waals surface area contributed by atoms with Gasteiger partial charge < -0.3 is 5.73 Å². The molecule has 0 unspecified atom stereocenters. The molecular weight excluding hydrogens is 238 g/mol. The number of nitrogens with two attached hydrogens (primary N) is 1. The van der Waals surface area contributed by atoms with Crippen molar-refractivity contribution < 1.29 is 13.2 Å². The van der Waals surface area contributed by atoms with Gasteiger partial charge in [-0.3, -0.25) is 4.79 Å². The third-order valence-corrected chi connectivity index (χ3v) is 4.19. The second-order valence-corrected chi connectivity index (χ2v) is 6.76. The number of carbonyl (C=O) groups excluding carboxylic acids is 1. The van der Waals surface area contributed by atoms with Gasteiger partial charge in [-0.1, -0.05) is 19.1 Å². The first-order valence-electron chi connectivity index (χ1n) is 5.35. The lowest BCUT2D eigenvalue weighted by molar-refractivity contribution is 0.0913. The fraction of sp³-hybridized carbons (Fsp3) is 0.417. The van der Waals surface area contributed by atoms with Crippen molar-refractivity contribution in [2.45, 2.75) is 31.2 Å². The second kappa shape index (κ2) is 4.58. The molecule has 1 rings (SSSR count). The Kier molecular flexibility index (Phi) is 3.74. The van der Waals surface area contributed by atoms with Crippen LogP contribution in [0.4, 0.5) is 0 Å². The molecule has 17 heavy (non-hydrogen) atoms. The predicted octanol–water partition coefficient (Wildman–Crippen LogP) is 1.40. The molecule has 0 saturated heterocycles. The van der Waals surface area contributed by atoms with Gasteiger partial charge in [0.2, 0.25) is 0 Å². The SMILES string of the molecule is CCS(=O)(=O)c1ccc(C(=O)C(C)(C)N)cc1. The maximum Gasteiger partial charge on any atom is 0.182 e. The van der Waals surface area contributed by atoms with Crippen molar-refractivity contribution in [2.24, 2.45) is 5.73 Å². The van der Waals surface area contributed by atoms with E-state index in [0.29, 0.717) is 5.56 Å². The Hall–Kier alpha value is -1.20. The third kappa shape index (κ3) is 3.14. The van der Waals surface area contributed by atoms with Gasteiger partial charge in [-0.2, -0.15) is 0 Å². The maximum absolute atomic E-state index is 11.8. The minimum atomic E-state index is -3.22. The van der Waals surface area contributed by atoms with Gasteiger partial charge in [-0.25, -0.2) is 8.42 Å². The Balaban J connectivity index is 3.10. The molecule has 0 aliphatic rings.